The predicted octanol–water partition coefficient (Wildman–Crippen LogP) is 2.73. The molecule has 0 aliphatic carbocycles. The normalized spacial score (nSPS) is 14.5. The van der Waals surface area contributed by atoms with Gasteiger partial charge in [0.15, 0.2) is 17.4 Å². The summed E-state index contributed by atoms with van der Waals surface area (Å²) in [5, 5.41) is 14.9. The predicted molar refractivity (Wildman–Crippen MR) is 128 cm³/mol. The third-order valence-electron chi connectivity index (χ3n) is 5.05. The summed E-state index contributed by atoms with van der Waals surface area (Å²) >= 11 is 0. The van der Waals surface area contributed by atoms with Gasteiger partial charge in [-0.15, -0.1) is 34.2 Å². The summed E-state index contributed by atoms with van der Waals surface area (Å²) in [7, 11) is 1.74. The van der Waals surface area contributed by atoms with Gasteiger partial charge >= 0.3 is 0 Å². The number of hydrogen-bond acceptors (Lipinski definition) is 4. The van der Waals surface area contributed by atoms with E-state index in [-0.39, 0.29) is 29.9 Å². The number of anilines is 1. The van der Waals surface area contributed by atoms with Gasteiger partial charge in [-0.1, -0.05) is 18.2 Å². The van der Waals surface area contributed by atoms with E-state index >= 15 is 0 Å². The Balaban J connectivity index is 0.00000256. The molecule has 158 valence electrons. The Labute approximate surface area is 192 Å². The van der Waals surface area contributed by atoms with Gasteiger partial charge in [0.1, 0.15) is 0 Å². The molecule has 0 unspecified atom stereocenters. The second-order valence-corrected chi connectivity index (χ2v) is 6.99. The van der Waals surface area contributed by atoms with Crippen molar-refractivity contribution >= 4 is 47.2 Å². The summed E-state index contributed by atoms with van der Waals surface area (Å²) in [6.45, 7) is 1.96. The van der Waals surface area contributed by atoms with E-state index in [1.165, 1.54) is 0 Å². The number of amides is 1. The number of piperidine rings is 1. The molecular weight excluding hydrogens is 493 g/mol. The molecule has 0 spiro atoms. The van der Waals surface area contributed by atoms with Crippen molar-refractivity contribution in [3.8, 4) is 0 Å². The minimum atomic E-state index is 0. The Morgan fingerprint density at radius 3 is 2.63 bits per heavy atom. The molecular formula is C21H26IN7O. The Morgan fingerprint density at radius 1 is 1.07 bits per heavy atom. The Bertz CT molecular complexity index is 1020. The average Bonchev–Trinajstić information content (AvgIpc) is 3.18. The van der Waals surface area contributed by atoms with Crippen LogP contribution in [-0.4, -0.2) is 40.1 Å². The maximum absolute atomic E-state index is 12.1. The number of aromatic nitrogens is 3. The Morgan fingerprint density at radius 2 is 1.87 bits per heavy atom. The van der Waals surface area contributed by atoms with Gasteiger partial charge in [-0.2, -0.15) is 0 Å². The van der Waals surface area contributed by atoms with Crippen LogP contribution in [0.25, 0.3) is 5.65 Å². The number of rotatable bonds is 5. The molecule has 1 aliphatic rings. The molecule has 3 aromatic rings. The smallest absolute Gasteiger partial charge is 0.226 e. The molecule has 2 N–H and O–H groups in total. The van der Waals surface area contributed by atoms with E-state index in [1.54, 1.807) is 7.05 Å². The Hall–Kier alpha value is -2.69. The molecule has 9 heteroatoms. The summed E-state index contributed by atoms with van der Waals surface area (Å²) < 4.78 is 1.95. The first-order valence-electron chi connectivity index (χ1n) is 9.87. The van der Waals surface area contributed by atoms with E-state index in [0.29, 0.717) is 25.5 Å². The summed E-state index contributed by atoms with van der Waals surface area (Å²) in [6, 6.07) is 13.9. The largest absolute Gasteiger partial charge is 0.352 e. The standard InChI is InChI=1S/C21H25N7O.HI/c1-22-21(24-15-19-26-25-18-6-2-4-13-28(18)19)23-14-16-8-10-17(11-9-16)27-12-5-3-7-20(27)29;/h2,4,6,8-11,13H,3,5,7,12,14-15H2,1H3,(H2,22,23,24);1H. The van der Waals surface area contributed by atoms with Gasteiger partial charge in [0.25, 0.3) is 0 Å². The molecule has 1 amide bonds. The molecule has 2 aromatic heterocycles. The van der Waals surface area contributed by atoms with E-state index in [0.717, 1.165) is 42.1 Å². The molecule has 0 radical (unpaired) electrons. The number of nitrogens with one attached hydrogen (secondary N) is 2. The third-order valence-corrected chi connectivity index (χ3v) is 5.05. The number of halogens is 1. The van der Waals surface area contributed by atoms with Crippen molar-refractivity contribution in [3.63, 3.8) is 0 Å². The molecule has 4 rings (SSSR count). The minimum Gasteiger partial charge on any atom is -0.352 e. The molecule has 1 fully saturated rings. The van der Waals surface area contributed by atoms with Crippen molar-refractivity contribution in [2.75, 3.05) is 18.5 Å². The number of nitrogens with zero attached hydrogens (tertiary/aromatic N) is 5. The van der Waals surface area contributed by atoms with E-state index in [1.807, 2.05) is 58.0 Å². The Kier molecular flexibility index (Phi) is 7.61. The van der Waals surface area contributed by atoms with Crippen LogP contribution in [0.1, 0.15) is 30.7 Å². The van der Waals surface area contributed by atoms with Crippen LogP contribution < -0.4 is 15.5 Å². The lowest BCUT2D eigenvalue weighted by atomic mass is 10.1. The van der Waals surface area contributed by atoms with E-state index in [4.69, 9.17) is 0 Å². The van der Waals surface area contributed by atoms with E-state index in [9.17, 15) is 4.79 Å². The molecule has 1 saturated heterocycles. The summed E-state index contributed by atoms with van der Waals surface area (Å²) in [5.74, 6) is 1.72. The average molecular weight is 519 g/mol. The van der Waals surface area contributed by atoms with Crippen molar-refractivity contribution in [2.45, 2.75) is 32.4 Å². The van der Waals surface area contributed by atoms with Crippen LogP contribution in [0.15, 0.2) is 53.7 Å². The summed E-state index contributed by atoms with van der Waals surface area (Å²) in [6.07, 6.45) is 4.65. The number of hydrogen-bond donors (Lipinski definition) is 2. The molecule has 8 nitrogen and oxygen atoms in total. The summed E-state index contributed by atoms with van der Waals surface area (Å²) in [5.41, 5.74) is 2.91. The van der Waals surface area contributed by atoms with Gasteiger partial charge in [0, 0.05) is 38.4 Å². The SMILES string of the molecule is CN=C(NCc1ccc(N2CCCCC2=O)cc1)NCc1nnc2ccccn12.I. The monoisotopic (exact) mass is 519 g/mol. The highest BCUT2D eigenvalue weighted by Crippen LogP contribution is 2.21. The maximum Gasteiger partial charge on any atom is 0.226 e. The molecule has 0 bridgehead atoms. The summed E-state index contributed by atoms with van der Waals surface area (Å²) in [4.78, 5) is 18.2. The number of fused-ring (bicyclic) bond motifs is 1. The molecule has 30 heavy (non-hydrogen) atoms. The number of carbonyl (C=O) groups is 1. The third kappa shape index (κ3) is 5.07. The fourth-order valence-corrected chi connectivity index (χ4v) is 3.45. The minimum absolute atomic E-state index is 0. The lowest BCUT2D eigenvalue weighted by molar-refractivity contribution is -0.119. The van der Waals surface area contributed by atoms with Crippen LogP contribution in [0, 0.1) is 0 Å². The maximum atomic E-state index is 12.1. The van der Waals surface area contributed by atoms with Crippen molar-refractivity contribution in [2.24, 2.45) is 4.99 Å². The topological polar surface area (TPSA) is 86.9 Å². The van der Waals surface area contributed by atoms with Gasteiger partial charge in [0.05, 0.1) is 6.54 Å². The molecule has 1 aromatic carbocycles. The van der Waals surface area contributed by atoms with Crippen molar-refractivity contribution in [1.29, 1.82) is 0 Å². The van der Waals surface area contributed by atoms with Crippen LogP contribution in [0.5, 0.6) is 0 Å². The number of carbonyl (C=O) groups excluding carboxylic acids is 1. The van der Waals surface area contributed by atoms with Crippen LogP contribution in [0.3, 0.4) is 0 Å². The van der Waals surface area contributed by atoms with Gasteiger partial charge < -0.3 is 15.5 Å². The number of pyridine rings is 1. The highest BCUT2D eigenvalue weighted by Gasteiger charge is 2.19. The van der Waals surface area contributed by atoms with Crippen LogP contribution in [-0.2, 0) is 17.9 Å². The van der Waals surface area contributed by atoms with Crippen LogP contribution in [0.2, 0.25) is 0 Å². The number of guanidine groups is 1. The number of aliphatic imine (C=N–C) groups is 1. The molecule has 3 heterocycles. The van der Waals surface area contributed by atoms with E-state index in [2.05, 4.69) is 25.8 Å². The van der Waals surface area contributed by atoms with Crippen LogP contribution in [0.4, 0.5) is 5.69 Å². The van der Waals surface area contributed by atoms with Crippen molar-refractivity contribution in [3.05, 3.63) is 60.0 Å². The van der Waals surface area contributed by atoms with Gasteiger partial charge in [-0.3, -0.25) is 14.2 Å². The fourth-order valence-electron chi connectivity index (χ4n) is 3.45. The first kappa shape index (κ1) is 22.0. The molecule has 0 saturated carbocycles. The first-order chi connectivity index (χ1) is 14.2. The van der Waals surface area contributed by atoms with E-state index < -0.39 is 0 Å². The highest BCUT2D eigenvalue weighted by atomic mass is 127. The van der Waals surface area contributed by atoms with Crippen LogP contribution >= 0.6 is 24.0 Å². The first-order valence-corrected chi connectivity index (χ1v) is 9.87. The fraction of sp³-hybridized carbons (Fsp3) is 0.333. The highest BCUT2D eigenvalue weighted by molar-refractivity contribution is 14.0. The lowest BCUT2D eigenvalue weighted by Crippen LogP contribution is -2.37. The molecule has 1 aliphatic heterocycles. The van der Waals surface area contributed by atoms with Gasteiger partial charge in [-0.25, -0.2) is 0 Å². The number of benzene rings is 1. The quantitative estimate of drug-likeness (QED) is 0.308. The second kappa shape index (κ2) is 10.4. The molecule has 0 atom stereocenters. The van der Waals surface area contributed by atoms with Crippen molar-refractivity contribution in [1.82, 2.24) is 25.2 Å². The van der Waals surface area contributed by atoms with Gasteiger partial charge in [0.2, 0.25) is 5.91 Å². The van der Waals surface area contributed by atoms with Gasteiger partial charge in [-0.05, 0) is 42.7 Å². The second-order valence-electron chi connectivity index (χ2n) is 6.99. The zero-order chi connectivity index (χ0) is 20.1. The zero-order valence-electron chi connectivity index (χ0n) is 16.9. The lowest BCUT2D eigenvalue weighted by Gasteiger charge is -2.26. The van der Waals surface area contributed by atoms with Crippen molar-refractivity contribution < 1.29 is 4.79 Å². The zero-order valence-corrected chi connectivity index (χ0v) is 19.2.